The molecule has 1 N–H and O–H groups in total. The molecule has 0 radical (unpaired) electrons. The zero-order chi connectivity index (χ0) is 13.9. The molecule has 1 atom stereocenters. The van der Waals surface area contributed by atoms with Crippen LogP contribution in [0.15, 0.2) is 18.2 Å². The molecule has 1 fully saturated rings. The summed E-state index contributed by atoms with van der Waals surface area (Å²) in [7, 11) is 0. The van der Waals surface area contributed by atoms with Crippen LogP contribution < -0.4 is 4.90 Å². The average molecular weight is 275 g/mol. The highest BCUT2D eigenvalue weighted by Crippen LogP contribution is 2.29. The molecule has 0 saturated carbocycles. The van der Waals surface area contributed by atoms with E-state index in [0.29, 0.717) is 11.7 Å². The van der Waals surface area contributed by atoms with E-state index in [-0.39, 0.29) is 0 Å². The van der Waals surface area contributed by atoms with Crippen LogP contribution in [0.4, 0.5) is 5.69 Å². The number of hydrogen-bond donors (Lipinski definition) is 1. The Bertz CT molecular complexity index is 494. The Morgan fingerprint density at radius 1 is 1.45 bits per heavy atom. The van der Waals surface area contributed by atoms with Crippen molar-refractivity contribution in [3.05, 3.63) is 29.3 Å². The number of benzene rings is 1. The van der Waals surface area contributed by atoms with E-state index in [1.807, 2.05) is 12.1 Å². The zero-order valence-electron chi connectivity index (χ0n) is 11.7. The summed E-state index contributed by atoms with van der Waals surface area (Å²) in [6.07, 6.45) is 6.09. The number of hydrogen-bond acceptors (Lipinski definition) is 3. The van der Waals surface area contributed by atoms with E-state index in [1.54, 1.807) is 6.07 Å². The Kier molecular flexibility index (Phi) is 3.92. The number of carbonyl (C=O) groups is 1. The summed E-state index contributed by atoms with van der Waals surface area (Å²) in [4.78, 5) is 13.4. The van der Waals surface area contributed by atoms with Gasteiger partial charge < -0.3 is 14.7 Å². The van der Waals surface area contributed by atoms with Crippen molar-refractivity contribution in [2.24, 2.45) is 0 Å². The summed E-state index contributed by atoms with van der Waals surface area (Å²) in [5.41, 5.74) is 2.76. The molecule has 1 aromatic carbocycles. The van der Waals surface area contributed by atoms with Gasteiger partial charge in [0, 0.05) is 25.4 Å². The lowest BCUT2D eigenvalue weighted by atomic mass is 10.1. The van der Waals surface area contributed by atoms with E-state index in [4.69, 9.17) is 9.84 Å². The normalized spacial score (nSPS) is 21.2. The van der Waals surface area contributed by atoms with Crippen molar-refractivity contribution in [2.45, 2.75) is 38.2 Å². The fraction of sp³-hybridized carbons (Fsp3) is 0.562. The largest absolute Gasteiger partial charge is 0.478 e. The van der Waals surface area contributed by atoms with Crippen LogP contribution in [0.2, 0.25) is 0 Å². The van der Waals surface area contributed by atoms with Gasteiger partial charge >= 0.3 is 5.97 Å². The topological polar surface area (TPSA) is 49.8 Å². The Labute approximate surface area is 119 Å². The second-order valence-corrected chi connectivity index (χ2v) is 5.66. The minimum absolute atomic E-state index is 0.384. The van der Waals surface area contributed by atoms with Crippen LogP contribution in [-0.4, -0.2) is 36.9 Å². The molecule has 2 aliphatic rings. The first-order chi connectivity index (χ1) is 9.74. The van der Waals surface area contributed by atoms with Gasteiger partial charge in [0.1, 0.15) is 0 Å². The molecule has 4 nitrogen and oxygen atoms in total. The van der Waals surface area contributed by atoms with Gasteiger partial charge in [-0.05, 0) is 49.8 Å². The monoisotopic (exact) mass is 275 g/mol. The highest BCUT2D eigenvalue weighted by molar-refractivity contribution is 5.89. The lowest BCUT2D eigenvalue weighted by Crippen LogP contribution is -2.23. The quantitative estimate of drug-likeness (QED) is 0.897. The summed E-state index contributed by atoms with van der Waals surface area (Å²) < 4.78 is 5.64. The molecule has 1 saturated heterocycles. The molecular weight excluding hydrogens is 254 g/mol. The van der Waals surface area contributed by atoms with E-state index < -0.39 is 5.97 Å². The molecule has 108 valence electrons. The van der Waals surface area contributed by atoms with Crippen LogP contribution in [0.25, 0.3) is 0 Å². The molecule has 1 aromatic rings. The van der Waals surface area contributed by atoms with Crippen molar-refractivity contribution in [1.82, 2.24) is 0 Å². The fourth-order valence-electron chi connectivity index (χ4n) is 3.19. The second-order valence-electron chi connectivity index (χ2n) is 5.66. The highest BCUT2D eigenvalue weighted by Gasteiger charge is 2.21. The lowest BCUT2D eigenvalue weighted by Gasteiger charge is -2.20. The van der Waals surface area contributed by atoms with Gasteiger partial charge in [0.15, 0.2) is 0 Å². The SMILES string of the molecule is O=C(O)c1ccc2c(c1)N(CCCC1CCCO1)CC2. The van der Waals surface area contributed by atoms with E-state index >= 15 is 0 Å². The molecule has 0 spiro atoms. The first kappa shape index (κ1) is 13.4. The van der Waals surface area contributed by atoms with Crippen molar-refractivity contribution < 1.29 is 14.6 Å². The molecule has 1 unspecified atom stereocenters. The number of rotatable bonds is 5. The molecule has 3 rings (SSSR count). The first-order valence-electron chi connectivity index (χ1n) is 7.47. The maximum absolute atomic E-state index is 11.1. The minimum Gasteiger partial charge on any atom is -0.478 e. The molecule has 2 aliphatic heterocycles. The number of nitrogens with zero attached hydrogens (tertiary/aromatic N) is 1. The van der Waals surface area contributed by atoms with Gasteiger partial charge in [-0.2, -0.15) is 0 Å². The third-order valence-electron chi connectivity index (χ3n) is 4.30. The van der Waals surface area contributed by atoms with Gasteiger partial charge in [0.2, 0.25) is 0 Å². The van der Waals surface area contributed by atoms with Gasteiger partial charge in [-0.25, -0.2) is 4.79 Å². The van der Waals surface area contributed by atoms with Gasteiger partial charge in [-0.3, -0.25) is 0 Å². The van der Waals surface area contributed by atoms with Crippen LogP contribution in [0, 0.1) is 0 Å². The molecule has 0 amide bonds. The van der Waals surface area contributed by atoms with Crippen LogP contribution in [0.3, 0.4) is 0 Å². The van der Waals surface area contributed by atoms with Gasteiger partial charge in [-0.15, -0.1) is 0 Å². The number of fused-ring (bicyclic) bond motifs is 1. The summed E-state index contributed by atoms with van der Waals surface area (Å²) in [6.45, 7) is 2.92. The molecule has 20 heavy (non-hydrogen) atoms. The van der Waals surface area contributed by atoms with E-state index in [9.17, 15) is 4.79 Å². The summed E-state index contributed by atoms with van der Waals surface area (Å²) >= 11 is 0. The minimum atomic E-state index is -0.848. The smallest absolute Gasteiger partial charge is 0.335 e. The van der Waals surface area contributed by atoms with Gasteiger partial charge in [-0.1, -0.05) is 6.07 Å². The zero-order valence-corrected chi connectivity index (χ0v) is 11.7. The van der Waals surface area contributed by atoms with Crippen LogP contribution in [0.1, 0.15) is 41.6 Å². The number of anilines is 1. The number of ether oxygens (including phenoxy) is 1. The maximum atomic E-state index is 11.1. The van der Waals surface area contributed by atoms with E-state index in [1.165, 1.54) is 18.4 Å². The molecule has 4 heteroatoms. The van der Waals surface area contributed by atoms with Crippen molar-refractivity contribution in [3.63, 3.8) is 0 Å². The summed E-state index contributed by atoms with van der Waals surface area (Å²) in [6, 6.07) is 5.48. The van der Waals surface area contributed by atoms with Crippen molar-refractivity contribution >= 4 is 11.7 Å². The second kappa shape index (κ2) is 5.83. The van der Waals surface area contributed by atoms with Crippen LogP contribution >= 0.6 is 0 Å². The first-order valence-corrected chi connectivity index (χ1v) is 7.47. The Morgan fingerprint density at radius 2 is 2.35 bits per heavy atom. The molecule has 0 bridgehead atoms. The predicted molar refractivity (Wildman–Crippen MR) is 77.5 cm³/mol. The Balaban J connectivity index is 1.59. The summed E-state index contributed by atoms with van der Waals surface area (Å²) in [5.74, 6) is -0.848. The molecule has 0 aromatic heterocycles. The van der Waals surface area contributed by atoms with Crippen LogP contribution in [0.5, 0.6) is 0 Å². The third-order valence-corrected chi connectivity index (χ3v) is 4.30. The van der Waals surface area contributed by atoms with Crippen molar-refractivity contribution in [3.8, 4) is 0 Å². The van der Waals surface area contributed by atoms with Crippen LogP contribution in [-0.2, 0) is 11.2 Å². The summed E-state index contributed by atoms with van der Waals surface area (Å²) in [5, 5.41) is 9.09. The fourth-order valence-corrected chi connectivity index (χ4v) is 3.19. The van der Waals surface area contributed by atoms with E-state index in [0.717, 1.165) is 44.6 Å². The van der Waals surface area contributed by atoms with Gasteiger partial charge in [0.05, 0.1) is 11.7 Å². The average Bonchev–Trinajstić information content (AvgIpc) is 3.08. The Hall–Kier alpha value is -1.55. The molecule has 2 heterocycles. The number of carboxylic acids is 1. The van der Waals surface area contributed by atoms with Gasteiger partial charge in [0.25, 0.3) is 0 Å². The number of aromatic carboxylic acids is 1. The van der Waals surface area contributed by atoms with Crippen molar-refractivity contribution in [1.29, 1.82) is 0 Å². The predicted octanol–water partition coefficient (Wildman–Crippen LogP) is 2.71. The van der Waals surface area contributed by atoms with E-state index in [2.05, 4.69) is 4.90 Å². The standard InChI is InChI=1S/C16H21NO3/c18-16(19)13-6-5-12-7-9-17(15(12)11-13)8-1-3-14-4-2-10-20-14/h5-6,11,14H,1-4,7-10H2,(H,18,19). The van der Waals surface area contributed by atoms with Crippen molar-refractivity contribution in [2.75, 3.05) is 24.6 Å². The lowest BCUT2D eigenvalue weighted by molar-refractivity contribution is 0.0697. The molecule has 0 aliphatic carbocycles. The molecular formula is C16H21NO3. The Morgan fingerprint density at radius 3 is 3.10 bits per heavy atom. The number of carboxylic acid groups (broad SMARTS) is 1. The third kappa shape index (κ3) is 2.80. The highest BCUT2D eigenvalue weighted by atomic mass is 16.5. The maximum Gasteiger partial charge on any atom is 0.335 e.